The van der Waals surface area contributed by atoms with Crippen molar-refractivity contribution >= 4 is 56.2 Å². The number of thiophene rings is 1. The average Bonchev–Trinajstić information content (AvgIpc) is 3.00. The smallest absolute Gasteiger partial charge is 0.267 e. The molecule has 2 N–H and O–H groups in total. The molecule has 0 bridgehead atoms. The standard InChI is InChI=1S/C20H19ClN2O3S/c1-11(2)19(24)23-14-9-8-12(10-15(14)26-3)22-20(25)18-17(21)13-6-4-5-7-16(13)27-18/h4-11H,1-3H3,(H,22,25)(H,23,24). The van der Waals surface area contributed by atoms with E-state index in [2.05, 4.69) is 10.6 Å². The third kappa shape index (κ3) is 4.07. The maximum Gasteiger partial charge on any atom is 0.267 e. The molecule has 0 aliphatic carbocycles. The van der Waals surface area contributed by atoms with E-state index in [1.165, 1.54) is 18.4 Å². The molecule has 2 aromatic carbocycles. The summed E-state index contributed by atoms with van der Waals surface area (Å²) in [4.78, 5) is 25.0. The van der Waals surface area contributed by atoms with E-state index in [0.717, 1.165) is 10.1 Å². The molecule has 1 heterocycles. The van der Waals surface area contributed by atoms with Gasteiger partial charge in [-0.15, -0.1) is 11.3 Å². The van der Waals surface area contributed by atoms with Gasteiger partial charge in [0, 0.05) is 27.8 Å². The zero-order chi connectivity index (χ0) is 19.6. The summed E-state index contributed by atoms with van der Waals surface area (Å²) in [5.41, 5.74) is 1.10. The number of hydrogen-bond donors (Lipinski definition) is 2. The molecule has 140 valence electrons. The lowest BCUT2D eigenvalue weighted by atomic mass is 10.2. The Morgan fingerprint density at radius 1 is 1.11 bits per heavy atom. The van der Waals surface area contributed by atoms with Gasteiger partial charge < -0.3 is 15.4 Å². The molecule has 2 amide bonds. The zero-order valence-electron chi connectivity index (χ0n) is 15.1. The molecule has 3 rings (SSSR count). The number of fused-ring (bicyclic) bond motifs is 1. The molecule has 27 heavy (non-hydrogen) atoms. The molecule has 5 nitrogen and oxygen atoms in total. The van der Waals surface area contributed by atoms with Crippen LogP contribution in [0.5, 0.6) is 5.75 Å². The minimum atomic E-state index is -0.290. The summed E-state index contributed by atoms with van der Waals surface area (Å²) in [6.45, 7) is 3.62. The summed E-state index contributed by atoms with van der Waals surface area (Å²) in [7, 11) is 1.51. The Morgan fingerprint density at radius 2 is 1.85 bits per heavy atom. The topological polar surface area (TPSA) is 67.4 Å². The minimum Gasteiger partial charge on any atom is -0.494 e. The second kappa shape index (κ2) is 7.98. The highest BCUT2D eigenvalue weighted by atomic mass is 35.5. The first-order valence-corrected chi connectivity index (χ1v) is 9.57. The Bertz CT molecular complexity index is 1010. The van der Waals surface area contributed by atoms with Gasteiger partial charge in [-0.1, -0.05) is 43.6 Å². The largest absolute Gasteiger partial charge is 0.494 e. The number of hydrogen-bond acceptors (Lipinski definition) is 4. The molecule has 0 saturated carbocycles. The Balaban J connectivity index is 1.83. The van der Waals surface area contributed by atoms with Gasteiger partial charge in [0.25, 0.3) is 5.91 Å². The monoisotopic (exact) mass is 402 g/mol. The first-order chi connectivity index (χ1) is 12.9. The van der Waals surface area contributed by atoms with Gasteiger partial charge in [0.2, 0.25) is 5.91 Å². The van der Waals surface area contributed by atoms with Gasteiger partial charge in [0.15, 0.2) is 0 Å². The van der Waals surface area contributed by atoms with Crippen LogP contribution in [0.25, 0.3) is 10.1 Å². The molecule has 0 aliphatic heterocycles. The van der Waals surface area contributed by atoms with Crippen molar-refractivity contribution in [1.29, 1.82) is 0 Å². The SMILES string of the molecule is COc1cc(NC(=O)c2sc3ccccc3c2Cl)ccc1NC(=O)C(C)C. The predicted molar refractivity (Wildman–Crippen MR) is 111 cm³/mol. The Morgan fingerprint density at radius 3 is 2.52 bits per heavy atom. The molecule has 0 aliphatic rings. The molecule has 0 atom stereocenters. The van der Waals surface area contributed by atoms with Gasteiger partial charge in [0.05, 0.1) is 17.8 Å². The summed E-state index contributed by atoms with van der Waals surface area (Å²) in [5.74, 6) is -0.0854. The van der Waals surface area contributed by atoms with Crippen LogP contribution in [0, 0.1) is 5.92 Å². The van der Waals surface area contributed by atoms with Gasteiger partial charge in [-0.3, -0.25) is 9.59 Å². The van der Waals surface area contributed by atoms with Crippen molar-refractivity contribution in [2.24, 2.45) is 5.92 Å². The first kappa shape index (κ1) is 19.2. The van der Waals surface area contributed by atoms with Crippen LogP contribution < -0.4 is 15.4 Å². The molecule has 3 aromatic rings. The van der Waals surface area contributed by atoms with E-state index in [0.29, 0.717) is 27.0 Å². The van der Waals surface area contributed by atoms with Crippen molar-refractivity contribution in [3.63, 3.8) is 0 Å². The van der Waals surface area contributed by atoms with E-state index in [9.17, 15) is 9.59 Å². The van der Waals surface area contributed by atoms with E-state index in [1.54, 1.807) is 18.2 Å². The summed E-state index contributed by atoms with van der Waals surface area (Å²) in [5, 5.41) is 6.94. The van der Waals surface area contributed by atoms with Crippen LogP contribution in [-0.2, 0) is 4.79 Å². The van der Waals surface area contributed by atoms with E-state index in [-0.39, 0.29) is 17.7 Å². The van der Waals surface area contributed by atoms with Crippen LogP contribution in [0.3, 0.4) is 0 Å². The highest BCUT2D eigenvalue weighted by molar-refractivity contribution is 7.21. The summed E-state index contributed by atoms with van der Waals surface area (Å²) >= 11 is 7.71. The van der Waals surface area contributed by atoms with Crippen molar-refractivity contribution < 1.29 is 14.3 Å². The van der Waals surface area contributed by atoms with Gasteiger partial charge >= 0.3 is 0 Å². The van der Waals surface area contributed by atoms with Gasteiger partial charge in [-0.25, -0.2) is 0 Å². The van der Waals surface area contributed by atoms with Crippen LogP contribution in [-0.4, -0.2) is 18.9 Å². The summed E-state index contributed by atoms with van der Waals surface area (Å²) in [6, 6.07) is 12.7. The minimum absolute atomic E-state index is 0.109. The van der Waals surface area contributed by atoms with Gasteiger partial charge in [0.1, 0.15) is 10.6 Å². The average molecular weight is 403 g/mol. The van der Waals surface area contributed by atoms with Crippen molar-refractivity contribution in [2.75, 3.05) is 17.7 Å². The number of amides is 2. The molecule has 0 fully saturated rings. The first-order valence-electron chi connectivity index (χ1n) is 8.38. The van der Waals surface area contributed by atoms with E-state index >= 15 is 0 Å². The quantitative estimate of drug-likeness (QED) is 0.599. The number of carbonyl (C=O) groups excluding carboxylic acids is 2. The Kier molecular flexibility index (Phi) is 5.68. The van der Waals surface area contributed by atoms with Crippen LogP contribution in [0.1, 0.15) is 23.5 Å². The maximum atomic E-state index is 12.7. The molecular formula is C20H19ClN2O3S. The van der Waals surface area contributed by atoms with Crippen molar-refractivity contribution in [3.8, 4) is 5.75 Å². The molecule has 0 radical (unpaired) electrons. The number of methoxy groups -OCH3 is 1. The van der Waals surface area contributed by atoms with E-state index in [1.807, 2.05) is 38.1 Å². The fourth-order valence-electron chi connectivity index (χ4n) is 2.50. The number of anilines is 2. The molecule has 0 unspecified atom stereocenters. The van der Waals surface area contributed by atoms with Crippen LogP contribution in [0.15, 0.2) is 42.5 Å². The van der Waals surface area contributed by atoms with E-state index < -0.39 is 0 Å². The summed E-state index contributed by atoms with van der Waals surface area (Å²) < 4.78 is 6.29. The molecule has 0 saturated heterocycles. The Hall–Kier alpha value is -2.57. The molecule has 7 heteroatoms. The lowest BCUT2D eigenvalue weighted by Crippen LogP contribution is -2.18. The highest BCUT2D eigenvalue weighted by Crippen LogP contribution is 2.36. The number of benzene rings is 2. The molecule has 1 aromatic heterocycles. The second-order valence-corrected chi connectivity index (χ2v) is 7.68. The van der Waals surface area contributed by atoms with Crippen LogP contribution >= 0.6 is 22.9 Å². The van der Waals surface area contributed by atoms with Crippen LogP contribution in [0.2, 0.25) is 5.02 Å². The maximum absolute atomic E-state index is 12.7. The van der Waals surface area contributed by atoms with E-state index in [4.69, 9.17) is 16.3 Å². The predicted octanol–water partition coefficient (Wildman–Crippen LogP) is 5.41. The number of halogens is 1. The lowest BCUT2D eigenvalue weighted by molar-refractivity contribution is -0.118. The van der Waals surface area contributed by atoms with Gasteiger partial charge in [-0.2, -0.15) is 0 Å². The zero-order valence-corrected chi connectivity index (χ0v) is 16.7. The lowest BCUT2D eigenvalue weighted by Gasteiger charge is -2.13. The van der Waals surface area contributed by atoms with Crippen molar-refractivity contribution in [2.45, 2.75) is 13.8 Å². The third-order valence-electron chi connectivity index (χ3n) is 3.98. The normalized spacial score (nSPS) is 10.9. The second-order valence-electron chi connectivity index (χ2n) is 6.25. The number of rotatable bonds is 5. The fraction of sp³-hybridized carbons (Fsp3) is 0.200. The number of ether oxygens (including phenoxy) is 1. The third-order valence-corrected chi connectivity index (χ3v) is 5.66. The highest BCUT2D eigenvalue weighted by Gasteiger charge is 2.18. The summed E-state index contributed by atoms with van der Waals surface area (Å²) in [6.07, 6.45) is 0. The van der Waals surface area contributed by atoms with Crippen LogP contribution in [0.4, 0.5) is 11.4 Å². The molecule has 0 spiro atoms. The molecular weight excluding hydrogens is 384 g/mol. The number of carbonyl (C=O) groups is 2. The van der Waals surface area contributed by atoms with Gasteiger partial charge in [-0.05, 0) is 18.2 Å². The van der Waals surface area contributed by atoms with Crippen molar-refractivity contribution in [3.05, 3.63) is 52.4 Å². The van der Waals surface area contributed by atoms with Crippen molar-refractivity contribution in [1.82, 2.24) is 0 Å². The Labute approximate surface area is 166 Å². The fourth-order valence-corrected chi connectivity index (χ4v) is 3.91. The number of nitrogens with one attached hydrogen (secondary N) is 2.